The van der Waals surface area contributed by atoms with E-state index in [0.29, 0.717) is 32.1 Å². The number of likely N-dealkylation sites (tertiary alicyclic amines) is 1. The van der Waals surface area contributed by atoms with E-state index in [1.165, 1.54) is 16.3 Å². The number of fused-ring (bicyclic) bond motifs is 1. The molecule has 2 aromatic carbocycles. The lowest BCUT2D eigenvalue weighted by molar-refractivity contribution is -0.127. The molecule has 2 N–H and O–H groups in total. The van der Waals surface area contributed by atoms with Crippen LogP contribution in [0.2, 0.25) is 0 Å². The summed E-state index contributed by atoms with van der Waals surface area (Å²) < 4.78 is 0. The first-order valence-electron chi connectivity index (χ1n) is 13.4. The summed E-state index contributed by atoms with van der Waals surface area (Å²) >= 11 is 0. The predicted octanol–water partition coefficient (Wildman–Crippen LogP) is 1.67. The van der Waals surface area contributed by atoms with Gasteiger partial charge in [-0.1, -0.05) is 36.4 Å². The Labute approximate surface area is 214 Å². The maximum atomic E-state index is 13.2. The van der Waals surface area contributed by atoms with E-state index in [0.717, 1.165) is 58.8 Å². The lowest BCUT2D eigenvalue weighted by Gasteiger charge is -2.41. The summed E-state index contributed by atoms with van der Waals surface area (Å²) in [5.74, 6) is 0.577. The molecule has 8 heteroatoms. The fourth-order valence-corrected chi connectivity index (χ4v) is 5.93. The van der Waals surface area contributed by atoms with E-state index in [9.17, 15) is 9.59 Å². The zero-order chi connectivity index (χ0) is 24.9. The van der Waals surface area contributed by atoms with Gasteiger partial charge in [-0.15, -0.1) is 0 Å². The van der Waals surface area contributed by atoms with Gasteiger partial charge in [0, 0.05) is 78.5 Å². The number of likely N-dealkylation sites (N-methyl/N-ethyl adjacent to an activating group) is 1. The third kappa shape index (κ3) is 6.35. The van der Waals surface area contributed by atoms with Crippen LogP contribution in [-0.2, 0) is 11.3 Å². The summed E-state index contributed by atoms with van der Waals surface area (Å²) in [4.78, 5) is 34.2. The molecule has 3 aliphatic rings. The van der Waals surface area contributed by atoms with Crippen LogP contribution < -0.4 is 10.6 Å². The predicted molar refractivity (Wildman–Crippen MR) is 143 cm³/mol. The van der Waals surface area contributed by atoms with Crippen LogP contribution >= 0.6 is 0 Å². The van der Waals surface area contributed by atoms with E-state index >= 15 is 0 Å². The number of piperazine rings is 1. The first kappa shape index (κ1) is 25.0. The fourth-order valence-electron chi connectivity index (χ4n) is 5.93. The minimum absolute atomic E-state index is 0.0240. The summed E-state index contributed by atoms with van der Waals surface area (Å²) in [7, 11) is 2.19. The highest BCUT2D eigenvalue weighted by Crippen LogP contribution is 2.26. The van der Waals surface area contributed by atoms with Gasteiger partial charge in [-0.3, -0.25) is 9.69 Å². The van der Waals surface area contributed by atoms with Crippen molar-refractivity contribution in [2.24, 2.45) is 11.8 Å². The Kier molecular flexibility index (Phi) is 8.04. The number of urea groups is 1. The highest BCUT2D eigenvalue weighted by Gasteiger charge is 2.33. The number of benzene rings is 2. The first-order valence-corrected chi connectivity index (χ1v) is 13.4. The van der Waals surface area contributed by atoms with Crippen LogP contribution in [-0.4, -0.2) is 111 Å². The molecule has 3 amide bonds. The lowest BCUT2D eigenvalue weighted by Crippen LogP contribution is -2.51. The zero-order valence-corrected chi connectivity index (χ0v) is 21.5. The van der Waals surface area contributed by atoms with Gasteiger partial charge in [0.25, 0.3) is 0 Å². The molecule has 0 radical (unpaired) electrons. The highest BCUT2D eigenvalue weighted by atomic mass is 16.2. The van der Waals surface area contributed by atoms with Crippen molar-refractivity contribution in [3.8, 4) is 0 Å². The van der Waals surface area contributed by atoms with Crippen molar-refractivity contribution in [1.29, 1.82) is 0 Å². The minimum Gasteiger partial charge on any atom is -0.354 e. The summed E-state index contributed by atoms with van der Waals surface area (Å²) in [6.07, 6.45) is 0.927. The van der Waals surface area contributed by atoms with Gasteiger partial charge in [0.05, 0.1) is 5.92 Å². The second-order valence-electron chi connectivity index (χ2n) is 10.8. The number of nitrogens with zero attached hydrogens (tertiary/aromatic N) is 4. The number of amides is 3. The van der Waals surface area contributed by atoms with Crippen LogP contribution in [0.3, 0.4) is 0 Å². The zero-order valence-electron chi connectivity index (χ0n) is 21.5. The fraction of sp³-hybridized carbons (Fsp3) is 0.571. The molecule has 0 saturated carbocycles. The van der Waals surface area contributed by atoms with E-state index in [-0.39, 0.29) is 17.9 Å². The van der Waals surface area contributed by atoms with Crippen molar-refractivity contribution < 1.29 is 9.59 Å². The monoisotopic (exact) mass is 492 g/mol. The smallest absolute Gasteiger partial charge is 0.317 e. The molecule has 0 aliphatic carbocycles. The molecule has 3 saturated heterocycles. The molecule has 0 spiro atoms. The van der Waals surface area contributed by atoms with E-state index in [1.54, 1.807) is 4.90 Å². The van der Waals surface area contributed by atoms with Crippen molar-refractivity contribution in [1.82, 2.24) is 30.2 Å². The van der Waals surface area contributed by atoms with Crippen LogP contribution in [0.4, 0.5) is 4.79 Å². The van der Waals surface area contributed by atoms with Crippen LogP contribution in [0.1, 0.15) is 12.0 Å². The van der Waals surface area contributed by atoms with Crippen LogP contribution in [0.15, 0.2) is 42.5 Å². The second kappa shape index (κ2) is 11.6. The topological polar surface area (TPSA) is 71.2 Å². The molecular weight excluding hydrogens is 452 g/mol. The molecular formula is C28H40N6O2. The molecule has 2 aromatic rings. The molecule has 5 rings (SSSR count). The lowest BCUT2D eigenvalue weighted by atomic mass is 9.87. The van der Waals surface area contributed by atoms with Crippen LogP contribution in [0.5, 0.6) is 0 Å². The van der Waals surface area contributed by atoms with E-state index < -0.39 is 0 Å². The Bertz CT molecular complexity index is 1050. The SMILES string of the molecule is CN1CCN(C[C@H]2C[C@@H](C(=O)NCCN3CCNC3=O)CN(Cc3ccc4ccccc4c3)C2)CC1. The molecule has 0 unspecified atom stereocenters. The number of piperidine rings is 1. The summed E-state index contributed by atoms with van der Waals surface area (Å²) in [5, 5.41) is 8.48. The van der Waals surface area contributed by atoms with E-state index in [4.69, 9.17) is 0 Å². The van der Waals surface area contributed by atoms with Crippen molar-refractivity contribution in [2.45, 2.75) is 13.0 Å². The Morgan fingerprint density at radius 3 is 2.58 bits per heavy atom. The molecule has 36 heavy (non-hydrogen) atoms. The third-order valence-corrected chi connectivity index (χ3v) is 7.94. The maximum Gasteiger partial charge on any atom is 0.317 e. The Morgan fingerprint density at radius 1 is 1.00 bits per heavy atom. The van der Waals surface area contributed by atoms with Gasteiger partial charge in [0.1, 0.15) is 0 Å². The van der Waals surface area contributed by atoms with Crippen molar-refractivity contribution in [3.63, 3.8) is 0 Å². The molecule has 3 aliphatic heterocycles. The third-order valence-electron chi connectivity index (χ3n) is 7.94. The van der Waals surface area contributed by atoms with Gasteiger partial charge in [0.15, 0.2) is 0 Å². The molecule has 0 aromatic heterocycles. The minimum atomic E-state index is -0.0317. The number of nitrogens with one attached hydrogen (secondary N) is 2. The van der Waals surface area contributed by atoms with Gasteiger partial charge in [0.2, 0.25) is 5.91 Å². The van der Waals surface area contributed by atoms with Gasteiger partial charge < -0.3 is 25.3 Å². The Balaban J connectivity index is 1.22. The molecule has 2 atom stereocenters. The molecule has 0 bridgehead atoms. The average molecular weight is 493 g/mol. The van der Waals surface area contributed by atoms with Crippen molar-refractivity contribution in [2.75, 3.05) is 79.0 Å². The quantitative estimate of drug-likeness (QED) is 0.587. The largest absolute Gasteiger partial charge is 0.354 e. The number of rotatable bonds is 8. The van der Waals surface area contributed by atoms with Gasteiger partial charge in [-0.05, 0) is 41.8 Å². The first-order chi connectivity index (χ1) is 17.5. The molecule has 194 valence electrons. The number of carbonyl (C=O) groups is 2. The Morgan fingerprint density at radius 2 is 1.81 bits per heavy atom. The summed E-state index contributed by atoms with van der Waals surface area (Å²) in [6.45, 7) is 10.6. The maximum absolute atomic E-state index is 13.2. The van der Waals surface area contributed by atoms with Gasteiger partial charge in [-0.25, -0.2) is 4.79 Å². The van der Waals surface area contributed by atoms with E-state index in [1.807, 2.05) is 0 Å². The normalized spacial score (nSPS) is 24.2. The van der Waals surface area contributed by atoms with Crippen molar-refractivity contribution in [3.05, 3.63) is 48.0 Å². The molecule has 3 heterocycles. The number of carbonyl (C=O) groups excluding carboxylic acids is 2. The van der Waals surface area contributed by atoms with Gasteiger partial charge >= 0.3 is 6.03 Å². The van der Waals surface area contributed by atoms with E-state index in [2.05, 4.69) is 74.8 Å². The van der Waals surface area contributed by atoms with Crippen molar-refractivity contribution >= 4 is 22.7 Å². The second-order valence-corrected chi connectivity index (χ2v) is 10.8. The standard InChI is InChI=1S/C28H40N6O2/c1-31-12-14-32(15-13-31)19-23-17-26(27(35)29-8-10-34-11-9-30-28(34)36)21-33(20-23)18-22-6-7-24-4-2-3-5-25(24)16-22/h2-7,16,23,26H,8-15,17-21H2,1H3,(H,29,35)(H,30,36)/t23-,26-/m1/s1. The number of hydrogen-bond acceptors (Lipinski definition) is 5. The van der Waals surface area contributed by atoms with Crippen LogP contribution in [0.25, 0.3) is 10.8 Å². The summed E-state index contributed by atoms with van der Waals surface area (Å²) in [6, 6.07) is 15.2. The number of hydrogen-bond donors (Lipinski definition) is 2. The average Bonchev–Trinajstić information content (AvgIpc) is 3.29. The van der Waals surface area contributed by atoms with Gasteiger partial charge in [-0.2, -0.15) is 0 Å². The summed E-state index contributed by atoms with van der Waals surface area (Å²) in [5.41, 5.74) is 1.30. The highest BCUT2D eigenvalue weighted by molar-refractivity contribution is 5.83. The van der Waals surface area contributed by atoms with Crippen LogP contribution in [0, 0.1) is 11.8 Å². The molecule has 8 nitrogen and oxygen atoms in total. The molecule has 3 fully saturated rings. The Hall–Kier alpha value is -2.68.